The normalized spacial score (nSPS) is 10.6. The zero-order valence-electron chi connectivity index (χ0n) is 9.74. The molecule has 17 heavy (non-hydrogen) atoms. The van der Waals surface area contributed by atoms with E-state index in [0.717, 1.165) is 22.5 Å². The highest BCUT2D eigenvalue weighted by Gasteiger charge is 2.09. The minimum Gasteiger partial charge on any atom is -0.392 e. The third-order valence-corrected chi connectivity index (χ3v) is 2.90. The number of benzene rings is 1. The van der Waals surface area contributed by atoms with Crippen molar-refractivity contribution in [1.82, 2.24) is 9.97 Å². The van der Waals surface area contributed by atoms with Crippen molar-refractivity contribution < 1.29 is 5.11 Å². The van der Waals surface area contributed by atoms with Gasteiger partial charge in [-0.05, 0) is 26.0 Å². The van der Waals surface area contributed by atoms with Gasteiger partial charge in [0.2, 0.25) is 0 Å². The molecule has 2 rings (SSSR count). The Hall–Kier alpha value is -1.45. The number of aliphatic hydroxyl groups is 1. The van der Waals surface area contributed by atoms with E-state index in [2.05, 4.69) is 9.97 Å². The van der Waals surface area contributed by atoms with Crippen LogP contribution in [-0.2, 0) is 6.61 Å². The van der Waals surface area contributed by atoms with Crippen LogP contribution in [0.3, 0.4) is 0 Å². The lowest BCUT2D eigenvalue weighted by Crippen LogP contribution is -2.02. The van der Waals surface area contributed by atoms with Gasteiger partial charge in [0.25, 0.3) is 0 Å². The highest BCUT2D eigenvalue weighted by Crippen LogP contribution is 2.21. The second-order valence-electron chi connectivity index (χ2n) is 3.87. The first-order valence-corrected chi connectivity index (χ1v) is 5.70. The van der Waals surface area contributed by atoms with E-state index in [1.807, 2.05) is 38.1 Å². The number of aliphatic hydroxyl groups excluding tert-OH is 1. The average molecular weight is 249 g/mol. The van der Waals surface area contributed by atoms with Crippen molar-refractivity contribution in [2.45, 2.75) is 20.5 Å². The molecule has 0 radical (unpaired) electrons. The molecule has 3 nitrogen and oxygen atoms in total. The average Bonchev–Trinajstić information content (AvgIpc) is 2.28. The Kier molecular flexibility index (Phi) is 3.41. The molecular weight excluding hydrogens is 236 g/mol. The van der Waals surface area contributed by atoms with Gasteiger partial charge in [-0.2, -0.15) is 0 Å². The molecule has 0 unspecified atom stereocenters. The van der Waals surface area contributed by atoms with Crippen LogP contribution in [0.1, 0.15) is 17.0 Å². The van der Waals surface area contributed by atoms with Crippen molar-refractivity contribution in [2.24, 2.45) is 0 Å². The monoisotopic (exact) mass is 248 g/mol. The van der Waals surface area contributed by atoms with Crippen LogP contribution in [0.4, 0.5) is 0 Å². The minimum atomic E-state index is -0.0342. The number of aromatic nitrogens is 2. The Bertz CT molecular complexity index is 532. The van der Waals surface area contributed by atoms with Gasteiger partial charge < -0.3 is 5.11 Å². The van der Waals surface area contributed by atoms with Gasteiger partial charge in [0.1, 0.15) is 0 Å². The van der Waals surface area contributed by atoms with Crippen LogP contribution >= 0.6 is 11.6 Å². The van der Waals surface area contributed by atoms with Crippen LogP contribution in [0, 0.1) is 13.8 Å². The lowest BCUT2D eigenvalue weighted by Gasteiger charge is -2.08. The van der Waals surface area contributed by atoms with Crippen LogP contribution in [0.2, 0.25) is 5.02 Å². The molecule has 1 N–H and O–H groups in total. The molecule has 0 spiro atoms. The van der Waals surface area contributed by atoms with Gasteiger partial charge in [0.15, 0.2) is 5.82 Å². The predicted molar refractivity (Wildman–Crippen MR) is 67.9 cm³/mol. The van der Waals surface area contributed by atoms with Gasteiger partial charge in [-0.25, -0.2) is 9.97 Å². The van der Waals surface area contributed by atoms with Gasteiger partial charge in [0, 0.05) is 27.5 Å². The molecule has 1 heterocycles. The summed E-state index contributed by atoms with van der Waals surface area (Å²) in [7, 11) is 0. The Labute approximate surface area is 105 Å². The molecule has 4 heteroatoms. The van der Waals surface area contributed by atoms with Crippen molar-refractivity contribution in [1.29, 1.82) is 0 Å². The van der Waals surface area contributed by atoms with Gasteiger partial charge in [0.05, 0.1) is 6.61 Å². The Balaban J connectivity index is 2.54. The van der Waals surface area contributed by atoms with Crippen LogP contribution < -0.4 is 0 Å². The summed E-state index contributed by atoms with van der Waals surface area (Å²) >= 11 is 5.94. The second kappa shape index (κ2) is 4.82. The maximum absolute atomic E-state index is 9.20. The Morgan fingerprint density at radius 1 is 1.18 bits per heavy atom. The maximum atomic E-state index is 9.20. The third kappa shape index (κ3) is 2.46. The lowest BCUT2D eigenvalue weighted by atomic mass is 10.1. The van der Waals surface area contributed by atoms with E-state index in [9.17, 15) is 5.11 Å². The molecule has 1 aromatic carbocycles. The molecule has 2 aromatic rings. The van der Waals surface area contributed by atoms with E-state index in [1.165, 1.54) is 0 Å². The first kappa shape index (κ1) is 12.0. The molecular formula is C13H13ClN2O. The number of hydrogen-bond acceptors (Lipinski definition) is 3. The number of hydrogen-bond donors (Lipinski definition) is 1. The van der Waals surface area contributed by atoms with Gasteiger partial charge in [-0.1, -0.05) is 23.7 Å². The Morgan fingerprint density at radius 2 is 1.82 bits per heavy atom. The van der Waals surface area contributed by atoms with E-state index < -0.39 is 0 Å². The number of aryl methyl sites for hydroxylation is 2. The quantitative estimate of drug-likeness (QED) is 0.889. The zero-order chi connectivity index (χ0) is 12.4. The summed E-state index contributed by atoms with van der Waals surface area (Å²) in [5.74, 6) is 0.639. The van der Waals surface area contributed by atoms with E-state index in [-0.39, 0.29) is 6.61 Å². The van der Waals surface area contributed by atoms with Crippen molar-refractivity contribution in [2.75, 3.05) is 0 Å². The molecule has 1 aromatic heterocycles. The summed E-state index contributed by atoms with van der Waals surface area (Å²) in [5.41, 5.74) is 3.27. The summed E-state index contributed by atoms with van der Waals surface area (Å²) in [6, 6.07) is 7.42. The van der Waals surface area contributed by atoms with Crippen LogP contribution in [0.5, 0.6) is 0 Å². The summed E-state index contributed by atoms with van der Waals surface area (Å²) in [5, 5.41) is 9.86. The topological polar surface area (TPSA) is 46.0 Å². The third-order valence-electron chi connectivity index (χ3n) is 2.66. The fourth-order valence-corrected chi connectivity index (χ4v) is 1.92. The van der Waals surface area contributed by atoms with Crippen molar-refractivity contribution in [3.05, 3.63) is 46.2 Å². The van der Waals surface area contributed by atoms with E-state index in [4.69, 9.17) is 11.6 Å². The number of rotatable bonds is 2. The number of halogens is 1. The first-order chi connectivity index (χ1) is 8.11. The summed E-state index contributed by atoms with van der Waals surface area (Å²) in [6.07, 6.45) is 0. The van der Waals surface area contributed by atoms with Gasteiger partial charge in [-0.3, -0.25) is 0 Å². The summed E-state index contributed by atoms with van der Waals surface area (Å²) < 4.78 is 0. The van der Waals surface area contributed by atoms with Crippen molar-refractivity contribution in [3.8, 4) is 11.4 Å². The predicted octanol–water partition coefficient (Wildman–Crippen LogP) is 2.91. The molecule has 88 valence electrons. The molecule has 0 saturated carbocycles. The van der Waals surface area contributed by atoms with E-state index in [1.54, 1.807) is 0 Å². The fraction of sp³-hybridized carbons (Fsp3) is 0.231. The molecule has 0 aliphatic heterocycles. The number of nitrogens with zero attached hydrogens (tertiary/aromatic N) is 2. The fourth-order valence-electron chi connectivity index (χ4n) is 1.72. The summed E-state index contributed by atoms with van der Waals surface area (Å²) in [4.78, 5) is 8.77. The second-order valence-corrected chi connectivity index (χ2v) is 4.30. The van der Waals surface area contributed by atoms with Crippen molar-refractivity contribution in [3.63, 3.8) is 0 Å². The molecule has 0 amide bonds. The van der Waals surface area contributed by atoms with Crippen LogP contribution in [0.25, 0.3) is 11.4 Å². The first-order valence-electron chi connectivity index (χ1n) is 5.32. The minimum absolute atomic E-state index is 0.0342. The van der Waals surface area contributed by atoms with E-state index >= 15 is 0 Å². The molecule has 0 atom stereocenters. The highest BCUT2D eigenvalue weighted by molar-refractivity contribution is 6.30. The molecule has 0 saturated heterocycles. The van der Waals surface area contributed by atoms with Gasteiger partial charge in [-0.15, -0.1) is 0 Å². The molecule has 0 fully saturated rings. The van der Waals surface area contributed by atoms with Gasteiger partial charge >= 0.3 is 0 Å². The van der Waals surface area contributed by atoms with Crippen molar-refractivity contribution >= 4 is 11.6 Å². The molecule has 0 aliphatic carbocycles. The maximum Gasteiger partial charge on any atom is 0.159 e. The largest absolute Gasteiger partial charge is 0.392 e. The van der Waals surface area contributed by atoms with E-state index in [0.29, 0.717) is 10.8 Å². The Morgan fingerprint density at radius 3 is 2.35 bits per heavy atom. The van der Waals surface area contributed by atoms with Crippen LogP contribution in [0.15, 0.2) is 24.3 Å². The molecule has 0 bridgehead atoms. The lowest BCUT2D eigenvalue weighted by molar-refractivity contribution is 0.279. The SMILES string of the molecule is Cc1nc(-c2cccc(Cl)c2)nc(C)c1CO. The summed E-state index contributed by atoms with van der Waals surface area (Å²) in [6.45, 7) is 3.70. The zero-order valence-corrected chi connectivity index (χ0v) is 10.5. The smallest absolute Gasteiger partial charge is 0.159 e. The standard InChI is InChI=1S/C13H13ClN2O/c1-8-12(7-17)9(2)16-13(15-8)10-4-3-5-11(14)6-10/h3-6,17H,7H2,1-2H3. The molecule has 0 aliphatic rings. The van der Waals surface area contributed by atoms with Crippen LogP contribution in [-0.4, -0.2) is 15.1 Å². The highest BCUT2D eigenvalue weighted by atomic mass is 35.5.